The topological polar surface area (TPSA) is 12.0 Å². The first-order chi connectivity index (χ1) is 9.79. The average molecular weight is 285 g/mol. The SMILES string of the molecule is CSCCC(C)NCc1ccc(-c2ccccc2)cc1. The van der Waals surface area contributed by atoms with Gasteiger partial charge in [-0.15, -0.1) is 0 Å². The summed E-state index contributed by atoms with van der Waals surface area (Å²) in [7, 11) is 0. The van der Waals surface area contributed by atoms with Gasteiger partial charge in [-0.05, 0) is 42.0 Å². The molecule has 0 saturated carbocycles. The molecule has 0 amide bonds. The molecule has 1 N–H and O–H groups in total. The largest absolute Gasteiger partial charge is 0.310 e. The van der Waals surface area contributed by atoms with Gasteiger partial charge < -0.3 is 5.32 Å². The minimum Gasteiger partial charge on any atom is -0.310 e. The molecular weight excluding hydrogens is 262 g/mol. The summed E-state index contributed by atoms with van der Waals surface area (Å²) in [6, 6.07) is 19.9. The molecular formula is C18H23NS. The number of hydrogen-bond donors (Lipinski definition) is 1. The van der Waals surface area contributed by atoms with Crippen molar-refractivity contribution in [2.75, 3.05) is 12.0 Å². The zero-order valence-corrected chi connectivity index (χ0v) is 13.1. The van der Waals surface area contributed by atoms with Crippen LogP contribution in [0.4, 0.5) is 0 Å². The Hall–Kier alpha value is -1.25. The number of rotatable bonds is 7. The molecule has 106 valence electrons. The van der Waals surface area contributed by atoms with Crippen LogP contribution in [-0.4, -0.2) is 18.1 Å². The first kappa shape index (κ1) is 15.1. The summed E-state index contributed by atoms with van der Waals surface area (Å²) in [4.78, 5) is 0. The molecule has 0 bridgehead atoms. The molecule has 0 fully saturated rings. The molecule has 1 atom stereocenters. The lowest BCUT2D eigenvalue weighted by molar-refractivity contribution is 0.537. The fourth-order valence-corrected chi connectivity index (χ4v) is 2.72. The number of hydrogen-bond acceptors (Lipinski definition) is 2. The van der Waals surface area contributed by atoms with Crippen molar-refractivity contribution in [1.29, 1.82) is 0 Å². The van der Waals surface area contributed by atoms with Crippen LogP contribution in [0.3, 0.4) is 0 Å². The van der Waals surface area contributed by atoms with Crippen LogP contribution in [0.1, 0.15) is 18.9 Å². The summed E-state index contributed by atoms with van der Waals surface area (Å²) in [6.07, 6.45) is 3.39. The minimum atomic E-state index is 0.580. The third kappa shape index (κ3) is 4.69. The highest BCUT2D eigenvalue weighted by Crippen LogP contribution is 2.19. The lowest BCUT2D eigenvalue weighted by Crippen LogP contribution is -2.25. The zero-order valence-electron chi connectivity index (χ0n) is 12.3. The van der Waals surface area contributed by atoms with E-state index in [0.29, 0.717) is 6.04 Å². The summed E-state index contributed by atoms with van der Waals surface area (Å²) in [5, 5.41) is 3.58. The third-order valence-corrected chi connectivity index (χ3v) is 4.11. The van der Waals surface area contributed by atoms with Crippen molar-refractivity contribution in [2.24, 2.45) is 0 Å². The number of thioether (sulfide) groups is 1. The third-order valence-electron chi connectivity index (χ3n) is 3.47. The molecule has 2 aromatic carbocycles. The number of nitrogens with one attached hydrogen (secondary N) is 1. The molecule has 0 aliphatic heterocycles. The Morgan fingerprint density at radius 3 is 2.25 bits per heavy atom. The predicted molar refractivity (Wildman–Crippen MR) is 91.2 cm³/mol. The van der Waals surface area contributed by atoms with E-state index in [9.17, 15) is 0 Å². The molecule has 1 unspecified atom stereocenters. The van der Waals surface area contributed by atoms with Crippen molar-refractivity contribution in [3.8, 4) is 11.1 Å². The van der Waals surface area contributed by atoms with Gasteiger partial charge in [-0.1, -0.05) is 54.6 Å². The van der Waals surface area contributed by atoms with Crippen molar-refractivity contribution in [3.05, 3.63) is 60.2 Å². The Kier molecular flexibility index (Phi) is 6.16. The molecule has 0 aliphatic carbocycles. The van der Waals surface area contributed by atoms with E-state index >= 15 is 0 Å². The van der Waals surface area contributed by atoms with Gasteiger partial charge in [0.1, 0.15) is 0 Å². The molecule has 2 aromatic rings. The lowest BCUT2D eigenvalue weighted by atomic mass is 10.0. The van der Waals surface area contributed by atoms with E-state index in [1.807, 2.05) is 11.8 Å². The summed E-state index contributed by atoms with van der Waals surface area (Å²) >= 11 is 1.91. The monoisotopic (exact) mass is 285 g/mol. The smallest absolute Gasteiger partial charge is 0.0207 e. The highest BCUT2D eigenvalue weighted by Gasteiger charge is 2.01. The van der Waals surface area contributed by atoms with E-state index in [1.54, 1.807) is 0 Å². The summed E-state index contributed by atoms with van der Waals surface area (Å²) in [6.45, 7) is 3.21. The molecule has 0 spiro atoms. The standard InChI is InChI=1S/C18H23NS/c1-15(12-13-20-2)19-14-16-8-10-18(11-9-16)17-6-4-3-5-7-17/h3-11,15,19H,12-14H2,1-2H3. The first-order valence-electron chi connectivity index (χ1n) is 7.16. The van der Waals surface area contributed by atoms with Crippen molar-refractivity contribution >= 4 is 11.8 Å². The Morgan fingerprint density at radius 1 is 0.950 bits per heavy atom. The summed E-state index contributed by atoms with van der Waals surface area (Å²) in [5.41, 5.74) is 3.91. The Bertz CT molecular complexity index is 493. The molecule has 2 rings (SSSR count). The van der Waals surface area contributed by atoms with Crippen LogP contribution in [0.5, 0.6) is 0 Å². The highest BCUT2D eigenvalue weighted by atomic mass is 32.2. The van der Waals surface area contributed by atoms with Crippen molar-refractivity contribution in [3.63, 3.8) is 0 Å². The second-order valence-corrected chi connectivity index (χ2v) is 6.11. The van der Waals surface area contributed by atoms with Gasteiger partial charge in [0.25, 0.3) is 0 Å². The van der Waals surface area contributed by atoms with E-state index in [1.165, 1.54) is 28.9 Å². The van der Waals surface area contributed by atoms with Gasteiger partial charge in [0.2, 0.25) is 0 Å². The maximum Gasteiger partial charge on any atom is 0.0207 e. The second-order valence-electron chi connectivity index (χ2n) is 5.13. The van der Waals surface area contributed by atoms with Crippen LogP contribution >= 0.6 is 11.8 Å². The molecule has 0 heterocycles. The van der Waals surface area contributed by atoms with E-state index in [2.05, 4.69) is 73.1 Å². The highest BCUT2D eigenvalue weighted by molar-refractivity contribution is 7.98. The minimum absolute atomic E-state index is 0.580. The van der Waals surface area contributed by atoms with E-state index in [4.69, 9.17) is 0 Å². The average Bonchev–Trinajstić information content (AvgIpc) is 2.52. The fraction of sp³-hybridized carbons (Fsp3) is 0.333. The van der Waals surface area contributed by atoms with Crippen molar-refractivity contribution in [1.82, 2.24) is 5.32 Å². The van der Waals surface area contributed by atoms with Crippen LogP contribution in [0, 0.1) is 0 Å². The van der Waals surface area contributed by atoms with Gasteiger partial charge in [-0.25, -0.2) is 0 Å². The van der Waals surface area contributed by atoms with Crippen molar-refractivity contribution in [2.45, 2.75) is 25.9 Å². The molecule has 20 heavy (non-hydrogen) atoms. The van der Waals surface area contributed by atoms with Crippen LogP contribution in [-0.2, 0) is 6.54 Å². The fourth-order valence-electron chi connectivity index (χ4n) is 2.13. The predicted octanol–water partition coefficient (Wildman–Crippen LogP) is 4.58. The van der Waals surface area contributed by atoms with Crippen LogP contribution in [0.25, 0.3) is 11.1 Å². The molecule has 2 heteroatoms. The van der Waals surface area contributed by atoms with Gasteiger partial charge in [0, 0.05) is 12.6 Å². The summed E-state index contributed by atoms with van der Waals surface area (Å²) < 4.78 is 0. The van der Waals surface area contributed by atoms with E-state index in [-0.39, 0.29) is 0 Å². The van der Waals surface area contributed by atoms with Gasteiger partial charge in [-0.3, -0.25) is 0 Å². The van der Waals surface area contributed by atoms with Crippen LogP contribution in [0.15, 0.2) is 54.6 Å². The lowest BCUT2D eigenvalue weighted by Gasteiger charge is -2.13. The van der Waals surface area contributed by atoms with Gasteiger partial charge >= 0.3 is 0 Å². The molecule has 0 aromatic heterocycles. The molecule has 0 saturated heterocycles. The van der Waals surface area contributed by atoms with Crippen LogP contribution < -0.4 is 5.32 Å². The van der Waals surface area contributed by atoms with E-state index < -0.39 is 0 Å². The zero-order chi connectivity index (χ0) is 14.2. The first-order valence-corrected chi connectivity index (χ1v) is 8.55. The Morgan fingerprint density at radius 2 is 1.60 bits per heavy atom. The van der Waals surface area contributed by atoms with Crippen LogP contribution in [0.2, 0.25) is 0 Å². The normalized spacial score (nSPS) is 12.3. The molecule has 0 aliphatic rings. The maximum absolute atomic E-state index is 3.58. The van der Waals surface area contributed by atoms with Crippen molar-refractivity contribution < 1.29 is 0 Å². The maximum atomic E-state index is 3.58. The second kappa shape index (κ2) is 8.13. The number of benzene rings is 2. The van der Waals surface area contributed by atoms with Gasteiger partial charge in [-0.2, -0.15) is 11.8 Å². The quantitative estimate of drug-likeness (QED) is 0.799. The van der Waals surface area contributed by atoms with Gasteiger partial charge in [0.15, 0.2) is 0 Å². The summed E-state index contributed by atoms with van der Waals surface area (Å²) in [5.74, 6) is 1.22. The van der Waals surface area contributed by atoms with Gasteiger partial charge in [0.05, 0.1) is 0 Å². The molecule has 0 radical (unpaired) electrons. The Balaban J connectivity index is 1.89. The Labute approximate surface area is 126 Å². The van der Waals surface area contributed by atoms with E-state index in [0.717, 1.165) is 6.54 Å². The molecule has 1 nitrogen and oxygen atoms in total.